The highest BCUT2D eigenvalue weighted by Crippen LogP contribution is 2.20. The summed E-state index contributed by atoms with van der Waals surface area (Å²) in [5.74, 6) is -0.485. The molecule has 0 spiro atoms. The Hall–Kier alpha value is -2.99. The summed E-state index contributed by atoms with van der Waals surface area (Å²) in [6.45, 7) is 5.16. The number of halogens is 1. The molecule has 2 aromatic carbocycles. The van der Waals surface area contributed by atoms with Crippen LogP contribution >= 0.6 is 0 Å². The molecular weight excluding hydrogens is 379 g/mol. The van der Waals surface area contributed by atoms with Gasteiger partial charge in [0.2, 0.25) is 0 Å². The van der Waals surface area contributed by atoms with Crippen LogP contribution in [0.4, 0.5) is 10.1 Å². The van der Waals surface area contributed by atoms with Gasteiger partial charge in [-0.1, -0.05) is 25.5 Å². The molecule has 1 N–H and O–H groups in total. The van der Waals surface area contributed by atoms with Crippen molar-refractivity contribution in [1.82, 2.24) is 14.7 Å². The Morgan fingerprint density at radius 2 is 1.87 bits per heavy atom. The fourth-order valence-electron chi connectivity index (χ4n) is 4.03. The van der Waals surface area contributed by atoms with Crippen molar-refractivity contribution in [3.05, 3.63) is 77.4 Å². The topological polar surface area (TPSA) is 50.2 Å². The quantitative estimate of drug-likeness (QED) is 0.639. The molecule has 30 heavy (non-hydrogen) atoms. The molecule has 156 valence electrons. The average molecular weight is 407 g/mol. The summed E-state index contributed by atoms with van der Waals surface area (Å²) >= 11 is 0. The lowest BCUT2D eigenvalue weighted by Gasteiger charge is -2.26. The van der Waals surface area contributed by atoms with Gasteiger partial charge in [0, 0.05) is 12.2 Å². The number of carbonyl (C=O) groups is 1. The van der Waals surface area contributed by atoms with Gasteiger partial charge in [-0.15, -0.1) is 0 Å². The molecule has 1 aliphatic rings. The van der Waals surface area contributed by atoms with Crippen LogP contribution in [0.25, 0.3) is 5.69 Å². The maximum absolute atomic E-state index is 13.2. The Morgan fingerprint density at radius 3 is 2.60 bits per heavy atom. The standard InChI is InChI=1S/C24H27FN4O/c1-2-23-22(16-26-29(23)21-11-9-19(25)10-12-21)24(30)27-20-8-6-7-18(15-20)17-28-13-4-3-5-14-28/h6-12,15-16H,2-5,13-14,17H2,1H3,(H,27,30). The van der Waals surface area contributed by atoms with Crippen LogP contribution in [0.2, 0.25) is 0 Å². The molecule has 0 saturated carbocycles. The van der Waals surface area contributed by atoms with E-state index in [0.717, 1.165) is 36.7 Å². The van der Waals surface area contributed by atoms with Crippen LogP contribution in [0, 0.1) is 5.82 Å². The Bertz CT molecular complexity index is 1010. The number of amides is 1. The van der Waals surface area contributed by atoms with Crippen LogP contribution in [-0.2, 0) is 13.0 Å². The SMILES string of the molecule is CCc1c(C(=O)Nc2cccc(CN3CCCCC3)c2)cnn1-c1ccc(F)cc1. The molecule has 0 unspecified atom stereocenters. The number of anilines is 1. The maximum Gasteiger partial charge on any atom is 0.259 e. The summed E-state index contributed by atoms with van der Waals surface area (Å²) in [7, 11) is 0. The number of carbonyl (C=O) groups excluding carboxylic acids is 1. The number of rotatable bonds is 6. The molecule has 0 atom stereocenters. The second-order valence-corrected chi connectivity index (χ2v) is 7.74. The minimum atomic E-state index is -0.300. The molecule has 1 saturated heterocycles. The maximum atomic E-state index is 13.2. The van der Waals surface area contributed by atoms with Crippen molar-refractivity contribution in [1.29, 1.82) is 0 Å². The van der Waals surface area contributed by atoms with E-state index in [1.54, 1.807) is 23.0 Å². The van der Waals surface area contributed by atoms with E-state index < -0.39 is 0 Å². The Labute approximate surface area is 176 Å². The highest BCUT2D eigenvalue weighted by molar-refractivity contribution is 6.05. The molecule has 0 bridgehead atoms. The minimum Gasteiger partial charge on any atom is -0.322 e. The van der Waals surface area contributed by atoms with Gasteiger partial charge in [0.05, 0.1) is 23.1 Å². The molecule has 1 aromatic heterocycles. The highest BCUT2D eigenvalue weighted by Gasteiger charge is 2.18. The predicted octanol–water partition coefficient (Wildman–Crippen LogP) is 4.81. The fourth-order valence-corrected chi connectivity index (χ4v) is 4.03. The minimum absolute atomic E-state index is 0.185. The Balaban J connectivity index is 1.50. The first-order valence-electron chi connectivity index (χ1n) is 10.6. The van der Waals surface area contributed by atoms with Crippen LogP contribution in [0.15, 0.2) is 54.7 Å². The van der Waals surface area contributed by atoms with Crippen molar-refractivity contribution in [2.45, 2.75) is 39.2 Å². The highest BCUT2D eigenvalue weighted by atomic mass is 19.1. The van der Waals surface area contributed by atoms with Crippen molar-refractivity contribution < 1.29 is 9.18 Å². The molecule has 0 radical (unpaired) electrons. The number of piperidine rings is 1. The first-order valence-corrected chi connectivity index (χ1v) is 10.6. The van der Waals surface area contributed by atoms with Gasteiger partial charge in [-0.25, -0.2) is 9.07 Å². The monoisotopic (exact) mass is 406 g/mol. The van der Waals surface area contributed by atoms with Gasteiger partial charge in [-0.05, 0) is 74.3 Å². The van der Waals surface area contributed by atoms with Crippen molar-refractivity contribution in [3.8, 4) is 5.69 Å². The second kappa shape index (κ2) is 9.22. The number of benzene rings is 2. The molecule has 4 rings (SSSR count). The Morgan fingerprint density at radius 1 is 1.10 bits per heavy atom. The third-order valence-electron chi connectivity index (χ3n) is 5.56. The summed E-state index contributed by atoms with van der Waals surface area (Å²) in [5, 5.41) is 7.38. The van der Waals surface area contributed by atoms with Gasteiger partial charge in [0.1, 0.15) is 5.82 Å². The molecule has 5 nitrogen and oxygen atoms in total. The van der Waals surface area contributed by atoms with E-state index in [2.05, 4.69) is 21.4 Å². The molecule has 1 fully saturated rings. The van der Waals surface area contributed by atoms with Crippen molar-refractivity contribution in [2.24, 2.45) is 0 Å². The Kier molecular flexibility index (Phi) is 6.23. The summed E-state index contributed by atoms with van der Waals surface area (Å²) in [4.78, 5) is 15.4. The number of nitrogens with one attached hydrogen (secondary N) is 1. The van der Waals surface area contributed by atoms with Crippen LogP contribution in [0.5, 0.6) is 0 Å². The van der Waals surface area contributed by atoms with Crippen LogP contribution in [0.1, 0.15) is 47.8 Å². The molecule has 6 heteroatoms. The molecule has 2 heterocycles. The largest absolute Gasteiger partial charge is 0.322 e. The van der Waals surface area contributed by atoms with Crippen LogP contribution in [-0.4, -0.2) is 33.7 Å². The first-order chi connectivity index (χ1) is 14.6. The molecule has 3 aromatic rings. The van der Waals surface area contributed by atoms with E-state index in [1.807, 2.05) is 25.1 Å². The fraction of sp³-hybridized carbons (Fsp3) is 0.333. The van der Waals surface area contributed by atoms with Gasteiger partial charge in [-0.3, -0.25) is 9.69 Å². The summed E-state index contributed by atoms with van der Waals surface area (Å²) < 4.78 is 14.9. The molecule has 1 aliphatic heterocycles. The third-order valence-corrected chi connectivity index (χ3v) is 5.56. The van der Waals surface area contributed by atoms with E-state index in [4.69, 9.17) is 0 Å². The lowest BCUT2D eigenvalue weighted by atomic mass is 10.1. The van der Waals surface area contributed by atoms with E-state index in [9.17, 15) is 9.18 Å². The number of likely N-dealkylation sites (tertiary alicyclic amines) is 1. The molecule has 1 amide bonds. The smallest absolute Gasteiger partial charge is 0.259 e. The normalized spacial score (nSPS) is 14.6. The van der Waals surface area contributed by atoms with E-state index in [-0.39, 0.29) is 11.7 Å². The van der Waals surface area contributed by atoms with Crippen LogP contribution < -0.4 is 5.32 Å². The average Bonchev–Trinajstić information content (AvgIpc) is 3.19. The lowest BCUT2D eigenvalue weighted by molar-refractivity contribution is 0.102. The van der Waals surface area contributed by atoms with Gasteiger partial charge in [-0.2, -0.15) is 5.10 Å². The van der Waals surface area contributed by atoms with Crippen molar-refractivity contribution >= 4 is 11.6 Å². The zero-order valence-electron chi connectivity index (χ0n) is 17.3. The van der Waals surface area contributed by atoms with Gasteiger partial charge < -0.3 is 5.32 Å². The van der Waals surface area contributed by atoms with E-state index >= 15 is 0 Å². The summed E-state index contributed by atoms with van der Waals surface area (Å²) in [6.07, 6.45) is 6.05. The zero-order chi connectivity index (χ0) is 20.9. The van der Waals surface area contributed by atoms with Crippen LogP contribution in [0.3, 0.4) is 0 Å². The van der Waals surface area contributed by atoms with Crippen molar-refractivity contribution in [2.75, 3.05) is 18.4 Å². The number of hydrogen-bond acceptors (Lipinski definition) is 3. The van der Waals surface area contributed by atoms with Gasteiger partial charge >= 0.3 is 0 Å². The molecule has 0 aliphatic carbocycles. The number of hydrogen-bond donors (Lipinski definition) is 1. The zero-order valence-corrected chi connectivity index (χ0v) is 17.3. The van der Waals surface area contributed by atoms with Gasteiger partial charge in [0.15, 0.2) is 0 Å². The van der Waals surface area contributed by atoms with Crippen molar-refractivity contribution in [3.63, 3.8) is 0 Å². The molecular formula is C24H27FN4O. The predicted molar refractivity (Wildman–Crippen MR) is 116 cm³/mol. The summed E-state index contributed by atoms with van der Waals surface area (Å²) in [6, 6.07) is 14.1. The third kappa shape index (κ3) is 4.60. The van der Waals surface area contributed by atoms with E-state index in [0.29, 0.717) is 12.0 Å². The number of aromatic nitrogens is 2. The van der Waals surface area contributed by atoms with Gasteiger partial charge in [0.25, 0.3) is 5.91 Å². The van der Waals surface area contributed by atoms with E-state index in [1.165, 1.54) is 37.0 Å². The number of nitrogens with zero attached hydrogens (tertiary/aromatic N) is 3. The second-order valence-electron chi connectivity index (χ2n) is 7.74. The lowest BCUT2D eigenvalue weighted by Crippen LogP contribution is -2.29. The summed E-state index contributed by atoms with van der Waals surface area (Å²) in [5.41, 5.74) is 4.04. The first kappa shape index (κ1) is 20.3.